The molecule has 2 amide bonds. The molecule has 0 heterocycles. The number of carbonyl (C=O) groups is 2. The molecule has 0 aliphatic rings. The minimum absolute atomic E-state index is 0.0997. The Hall–Kier alpha value is -3.07. The van der Waals surface area contributed by atoms with E-state index >= 15 is 0 Å². The molecule has 0 fully saturated rings. The van der Waals surface area contributed by atoms with Gasteiger partial charge in [0.15, 0.2) is 0 Å². The van der Waals surface area contributed by atoms with Crippen LogP contribution in [0.4, 0.5) is 5.69 Å². The Labute approximate surface area is 209 Å². The van der Waals surface area contributed by atoms with Crippen LogP contribution in [0.2, 0.25) is 0 Å². The van der Waals surface area contributed by atoms with Crippen molar-refractivity contribution in [3.63, 3.8) is 0 Å². The Morgan fingerprint density at radius 2 is 1.60 bits per heavy atom. The average molecular weight is 504 g/mol. The summed E-state index contributed by atoms with van der Waals surface area (Å²) in [4.78, 5) is 28.1. The van der Waals surface area contributed by atoms with Crippen LogP contribution in [0.3, 0.4) is 0 Å². The SMILES string of the molecule is CC[C@@H](C(=O)NC(C)C)N(Cc1ccc(OC)cc1)C(=O)CN(c1cc(C)cc(C)c1)S(C)(=O)=O. The Morgan fingerprint density at radius 1 is 1.03 bits per heavy atom. The molecule has 0 bridgehead atoms. The molecule has 192 valence electrons. The molecule has 2 aromatic carbocycles. The van der Waals surface area contributed by atoms with Gasteiger partial charge in [0.2, 0.25) is 21.8 Å². The van der Waals surface area contributed by atoms with Crippen LogP contribution in [-0.2, 0) is 26.2 Å². The van der Waals surface area contributed by atoms with E-state index in [0.717, 1.165) is 27.3 Å². The van der Waals surface area contributed by atoms with Gasteiger partial charge in [-0.25, -0.2) is 8.42 Å². The van der Waals surface area contributed by atoms with Crippen molar-refractivity contribution in [2.24, 2.45) is 0 Å². The highest BCUT2D eigenvalue weighted by atomic mass is 32.2. The lowest BCUT2D eigenvalue weighted by Crippen LogP contribution is -2.53. The molecule has 0 aliphatic heterocycles. The Bertz CT molecular complexity index is 1110. The van der Waals surface area contributed by atoms with Crippen molar-refractivity contribution in [1.82, 2.24) is 10.2 Å². The number of rotatable bonds is 11. The first-order valence-corrected chi connectivity index (χ1v) is 13.5. The summed E-state index contributed by atoms with van der Waals surface area (Å²) >= 11 is 0. The maximum Gasteiger partial charge on any atom is 0.244 e. The van der Waals surface area contributed by atoms with Gasteiger partial charge in [-0.05, 0) is 75.1 Å². The summed E-state index contributed by atoms with van der Waals surface area (Å²) in [6, 6.07) is 11.8. The molecule has 1 N–H and O–H groups in total. The molecule has 0 saturated carbocycles. The first-order chi connectivity index (χ1) is 16.3. The van der Waals surface area contributed by atoms with E-state index in [1.54, 1.807) is 31.4 Å². The number of sulfonamides is 1. The average Bonchev–Trinajstić information content (AvgIpc) is 2.75. The Balaban J connectivity index is 2.46. The summed E-state index contributed by atoms with van der Waals surface area (Å²) in [6.07, 6.45) is 1.46. The van der Waals surface area contributed by atoms with E-state index < -0.39 is 28.5 Å². The zero-order valence-electron chi connectivity index (χ0n) is 21.7. The topological polar surface area (TPSA) is 96.0 Å². The van der Waals surface area contributed by atoms with E-state index in [1.807, 2.05) is 52.8 Å². The summed E-state index contributed by atoms with van der Waals surface area (Å²) in [7, 11) is -2.19. The summed E-state index contributed by atoms with van der Waals surface area (Å²) in [6.45, 7) is 9.02. The Morgan fingerprint density at radius 3 is 2.06 bits per heavy atom. The van der Waals surface area contributed by atoms with Crippen LogP contribution in [0, 0.1) is 13.8 Å². The van der Waals surface area contributed by atoms with Crippen LogP contribution in [0.25, 0.3) is 0 Å². The third-order valence-electron chi connectivity index (χ3n) is 5.50. The molecule has 9 heteroatoms. The van der Waals surface area contributed by atoms with E-state index in [4.69, 9.17) is 4.74 Å². The first kappa shape index (κ1) is 28.2. The predicted octanol–water partition coefficient (Wildman–Crippen LogP) is 3.41. The Kier molecular flexibility index (Phi) is 9.71. The van der Waals surface area contributed by atoms with E-state index in [2.05, 4.69) is 5.32 Å². The van der Waals surface area contributed by atoms with Crippen molar-refractivity contribution in [3.8, 4) is 5.75 Å². The maximum absolute atomic E-state index is 13.7. The quantitative estimate of drug-likeness (QED) is 0.507. The van der Waals surface area contributed by atoms with Crippen LogP contribution < -0.4 is 14.4 Å². The number of nitrogens with one attached hydrogen (secondary N) is 1. The molecule has 2 aromatic rings. The number of amides is 2. The van der Waals surface area contributed by atoms with Crippen LogP contribution >= 0.6 is 0 Å². The molecule has 1 atom stereocenters. The second-order valence-corrected chi connectivity index (χ2v) is 11.0. The summed E-state index contributed by atoms with van der Waals surface area (Å²) in [5.74, 6) is -0.0629. The smallest absolute Gasteiger partial charge is 0.244 e. The lowest BCUT2D eigenvalue weighted by atomic mass is 10.1. The molecule has 35 heavy (non-hydrogen) atoms. The van der Waals surface area contributed by atoms with Gasteiger partial charge in [0.25, 0.3) is 0 Å². The summed E-state index contributed by atoms with van der Waals surface area (Å²) in [5.41, 5.74) is 2.99. The second-order valence-electron chi connectivity index (χ2n) is 9.07. The lowest BCUT2D eigenvalue weighted by Gasteiger charge is -2.33. The molecule has 2 rings (SSSR count). The number of hydrogen-bond donors (Lipinski definition) is 1. The fourth-order valence-electron chi connectivity index (χ4n) is 3.94. The van der Waals surface area contributed by atoms with Crippen LogP contribution in [0.5, 0.6) is 5.75 Å². The van der Waals surface area contributed by atoms with Gasteiger partial charge in [-0.2, -0.15) is 0 Å². The number of ether oxygens (including phenoxy) is 1. The molecule has 0 saturated heterocycles. The van der Waals surface area contributed by atoms with Crippen molar-refractivity contribution >= 4 is 27.5 Å². The number of benzene rings is 2. The van der Waals surface area contributed by atoms with Crippen LogP contribution in [0.15, 0.2) is 42.5 Å². The van der Waals surface area contributed by atoms with Crippen molar-refractivity contribution in [2.45, 2.75) is 59.7 Å². The van der Waals surface area contributed by atoms with E-state index in [1.165, 1.54) is 4.90 Å². The normalized spacial score (nSPS) is 12.2. The van der Waals surface area contributed by atoms with E-state index in [9.17, 15) is 18.0 Å². The minimum Gasteiger partial charge on any atom is -0.497 e. The van der Waals surface area contributed by atoms with Gasteiger partial charge in [0, 0.05) is 12.6 Å². The zero-order valence-corrected chi connectivity index (χ0v) is 22.5. The molecule has 0 spiro atoms. The lowest BCUT2D eigenvalue weighted by molar-refractivity contribution is -0.140. The van der Waals surface area contributed by atoms with Gasteiger partial charge < -0.3 is 15.0 Å². The van der Waals surface area contributed by atoms with Crippen LogP contribution in [0.1, 0.15) is 43.9 Å². The molecule has 0 radical (unpaired) electrons. The second kappa shape index (κ2) is 12.1. The fourth-order valence-corrected chi connectivity index (χ4v) is 4.77. The van der Waals surface area contributed by atoms with Gasteiger partial charge in [-0.1, -0.05) is 25.1 Å². The highest BCUT2D eigenvalue weighted by Crippen LogP contribution is 2.23. The molecule has 0 aromatic heterocycles. The standard InChI is InChI=1S/C26H37N3O5S/c1-8-24(26(31)27-18(2)3)28(16-21-9-11-23(34-6)12-10-21)25(30)17-29(35(7,32)33)22-14-19(4)13-20(5)15-22/h9-15,18,24H,8,16-17H2,1-7H3,(H,27,31)/t24-/m0/s1. The van der Waals surface area contributed by atoms with Gasteiger partial charge in [0.05, 0.1) is 19.1 Å². The summed E-state index contributed by atoms with van der Waals surface area (Å²) < 4.78 is 31.8. The van der Waals surface area contributed by atoms with Gasteiger partial charge in [0.1, 0.15) is 18.3 Å². The van der Waals surface area contributed by atoms with Crippen LogP contribution in [-0.4, -0.2) is 57.1 Å². The van der Waals surface area contributed by atoms with Crippen molar-refractivity contribution in [1.29, 1.82) is 0 Å². The highest BCUT2D eigenvalue weighted by Gasteiger charge is 2.32. The van der Waals surface area contributed by atoms with Crippen molar-refractivity contribution < 1.29 is 22.7 Å². The van der Waals surface area contributed by atoms with Crippen molar-refractivity contribution in [3.05, 3.63) is 59.2 Å². The number of anilines is 1. The van der Waals surface area contributed by atoms with E-state index in [0.29, 0.717) is 17.9 Å². The van der Waals surface area contributed by atoms with Gasteiger partial charge in [-0.3, -0.25) is 13.9 Å². The number of methoxy groups -OCH3 is 1. The summed E-state index contributed by atoms with van der Waals surface area (Å²) in [5, 5.41) is 2.88. The fraction of sp³-hybridized carbons (Fsp3) is 0.462. The largest absolute Gasteiger partial charge is 0.497 e. The number of nitrogens with zero attached hydrogens (tertiary/aromatic N) is 2. The number of carbonyl (C=O) groups excluding carboxylic acids is 2. The first-order valence-electron chi connectivity index (χ1n) is 11.6. The van der Waals surface area contributed by atoms with Gasteiger partial charge in [-0.15, -0.1) is 0 Å². The number of aryl methyl sites for hydroxylation is 2. The third kappa shape index (κ3) is 7.99. The highest BCUT2D eigenvalue weighted by molar-refractivity contribution is 7.92. The third-order valence-corrected chi connectivity index (χ3v) is 6.64. The monoisotopic (exact) mass is 503 g/mol. The molecule has 0 unspecified atom stereocenters. The molecule has 0 aliphatic carbocycles. The zero-order chi connectivity index (χ0) is 26.3. The predicted molar refractivity (Wildman–Crippen MR) is 139 cm³/mol. The molecular formula is C26H37N3O5S. The number of hydrogen-bond acceptors (Lipinski definition) is 5. The maximum atomic E-state index is 13.7. The van der Waals surface area contributed by atoms with Crippen molar-refractivity contribution in [2.75, 3.05) is 24.2 Å². The van der Waals surface area contributed by atoms with E-state index in [-0.39, 0.29) is 18.5 Å². The molecular weight excluding hydrogens is 466 g/mol. The molecule has 8 nitrogen and oxygen atoms in total. The van der Waals surface area contributed by atoms with Gasteiger partial charge >= 0.3 is 0 Å². The minimum atomic E-state index is -3.76.